The topological polar surface area (TPSA) is 67.3 Å². The molecule has 0 aliphatic carbocycles. The molecule has 0 saturated carbocycles. The normalized spacial score (nSPS) is 11.5. The highest BCUT2D eigenvalue weighted by Crippen LogP contribution is 2.27. The fourth-order valence-electron chi connectivity index (χ4n) is 2.47. The van der Waals surface area contributed by atoms with E-state index < -0.39 is 10.0 Å². The van der Waals surface area contributed by atoms with Crippen molar-refractivity contribution in [3.63, 3.8) is 0 Å². The van der Waals surface area contributed by atoms with E-state index in [2.05, 4.69) is 4.98 Å². The zero-order chi connectivity index (χ0) is 18.2. The summed E-state index contributed by atoms with van der Waals surface area (Å²) in [5.41, 5.74) is 1.68. The maximum Gasteiger partial charge on any atom is 0.265 e. The van der Waals surface area contributed by atoms with Gasteiger partial charge in [0.15, 0.2) is 12.1 Å². The summed E-state index contributed by atoms with van der Waals surface area (Å²) in [7, 11) is -2.45. The highest BCUT2D eigenvalue weighted by atomic mass is 35.5. The maximum absolute atomic E-state index is 12.9. The Morgan fingerprint density at radius 1 is 1.08 bits per heavy atom. The Hall–Kier alpha value is -2.44. The second-order valence-electron chi connectivity index (χ2n) is 5.64. The molecule has 0 N–H and O–H groups in total. The van der Waals surface area contributed by atoms with Crippen LogP contribution in [0.3, 0.4) is 0 Å². The van der Waals surface area contributed by atoms with Crippen LogP contribution in [0.1, 0.15) is 15.9 Å². The standard InChI is InChI=1S/C18H15ClN2O3S/c1-12-3-6-16(7-4-12)25(23,24)21(2)18-14(11-22)9-13-10-15(19)5-8-17(13)20-18/h3-11H,1-2H3. The van der Waals surface area contributed by atoms with Crippen LogP contribution in [0.25, 0.3) is 10.9 Å². The van der Waals surface area contributed by atoms with Crippen molar-refractivity contribution in [2.24, 2.45) is 0 Å². The predicted molar refractivity (Wildman–Crippen MR) is 98.9 cm³/mol. The minimum Gasteiger partial charge on any atom is -0.298 e. The number of benzene rings is 2. The molecule has 1 aromatic heterocycles. The molecular formula is C18H15ClN2O3S. The number of fused-ring (bicyclic) bond motifs is 1. The summed E-state index contributed by atoms with van der Waals surface area (Å²) >= 11 is 5.96. The zero-order valence-corrected chi connectivity index (χ0v) is 15.2. The summed E-state index contributed by atoms with van der Waals surface area (Å²) < 4.78 is 26.7. The van der Waals surface area contributed by atoms with Gasteiger partial charge in [-0.15, -0.1) is 0 Å². The monoisotopic (exact) mass is 374 g/mol. The summed E-state index contributed by atoms with van der Waals surface area (Å²) in [6.07, 6.45) is 0.587. The van der Waals surface area contributed by atoms with Crippen LogP contribution in [0.4, 0.5) is 5.82 Å². The van der Waals surface area contributed by atoms with Crippen LogP contribution in [-0.2, 0) is 10.0 Å². The van der Waals surface area contributed by atoms with E-state index in [0.29, 0.717) is 22.2 Å². The van der Waals surface area contributed by atoms with Gasteiger partial charge in [0, 0.05) is 17.5 Å². The molecule has 128 valence electrons. The van der Waals surface area contributed by atoms with Gasteiger partial charge in [-0.3, -0.25) is 9.10 Å². The van der Waals surface area contributed by atoms with Crippen molar-refractivity contribution in [1.29, 1.82) is 0 Å². The third kappa shape index (κ3) is 3.23. The number of aryl methyl sites for hydroxylation is 1. The molecule has 0 spiro atoms. The lowest BCUT2D eigenvalue weighted by molar-refractivity contribution is 0.112. The molecule has 0 amide bonds. The SMILES string of the molecule is Cc1ccc(S(=O)(=O)N(C)c2nc3ccc(Cl)cc3cc2C=O)cc1. The van der Waals surface area contributed by atoms with Crippen LogP contribution >= 0.6 is 11.6 Å². The number of rotatable bonds is 4. The van der Waals surface area contributed by atoms with Gasteiger partial charge in [0.2, 0.25) is 0 Å². The lowest BCUT2D eigenvalue weighted by Gasteiger charge is -2.20. The van der Waals surface area contributed by atoms with Crippen molar-refractivity contribution < 1.29 is 13.2 Å². The number of aldehydes is 1. The number of hydrogen-bond acceptors (Lipinski definition) is 4. The highest BCUT2D eigenvalue weighted by Gasteiger charge is 2.24. The van der Waals surface area contributed by atoms with Gasteiger partial charge in [0.1, 0.15) is 0 Å². The Labute approximate surface area is 150 Å². The quantitative estimate of drug-likeness (QED) is 0.651. The molecule has 3 aromatic rings. The molecule has 0 aliphatic heterocycles. The first-order valence-corrected chi connectivity index (χ1v) is 9.26. The highest BCUT2D eigenvalue weighted by molar-refractivity contribution is 7.92. The van der Waals surface area contributed by atoms with E-state index in [1.807, 2.05) is 6.92 Å². The largest absolute Gasteiger partial charge is 0.298 e. The smallest absolute Gasteiger partial charge is 0.265 e. The molecule has 1 heterocycles. The van der Waals surface area contributed by atoms with Gasteiger partial charge in [-0.05, 0) is 43.3 Å². The van der Waals surface area contributed by atoms with Crippen LogP contribution in [0.5, 0.6) is 0 Å². The molecule has 0 atom stereocenters. The molecule has 25 heavy (non-hydrogen) atoms. The fourth-order valence-corrected chi connectivity index (χ4v) is 3.83. The van der Waals surface area contributed by atoms with Gasteiger partial charge >= 0.3 is 0 Å². The van der Waals surface area contributed by atoms with Crippen LogP contribution in [0.2, 0.25) is 5.02 Å². The molecule has 7 heteroatoms. The molecule has 2 aromatic carbocycles. The number of halogens is 1. The van der Waals surface area contributed by atoms with Crippen molar-refractivity contribution in [2.45, 2.75) is 11.8 Å². The Balaban J connectivity index is 2.15. The molecule has 0 saturated heterocycles. The van der Waals surface area contributed by atoms with Gasteiger partial charge in [-0.2, -0.15) is 0 Å². The van der Waals surface area contributed by atoms with Crippen molar-refractivity contribution >= 4 is 44.6 Å². The van der Waals surface area contributed by atoms with Crippen molar-refractivity contribution in [1.82, 2.24) is 4.98 Å². The number of anilines is 1. The fraction of sp³-hybridized carbons (Fsp3) is 0.111. The van der Waals surface area contributed by atoms with E-state index in [1.165, 1.54) is 19.2 Å². The third-order valence-corrected chi connectivity index (χ3v) is 5.89. The summed E-state index contributed by atoms with van der Waals surface area (Å²) in [6, 6.07) is 13.1. The summed E-state index contributed by atoms with van der Waals surface area (Å²) in [5.74, 6) is 0.0744. The zero-order valence-electron chi connectivity index (χ0n) is 13.6. The van der Waals surface area contributed by atoms with E-state index in [4.69, 9.17) is 11.6 Å². The predicted octanol–water partition coefficient (Wildman–Crippen LogP) is 3.83. The van der Waals surface area contributed by atoms with Crippen LogP contribution in [0, 0.1) is 6.92 Å². The minimum absolute atomic E-state index is 0.0744. The first-order chi connectivity index (χ1) is 11.8. The average Bonchev–Trinajstić information content (AvgIpc) is 2.60. The number of carbonyl (C=O) groups excluding carboxylic acids is 1. The Morgan fingerprint density at radius 2 is 1.76 bits per heavy atom. The summed E-state index contributed by atoms with van der Waals surface area (Å²) in [5, 5.41) is 1.18. The minimum atomic E-state index is -3.83. The third-order valence-electron chi connectivity index (χ3n) is 3.89. The molecule has 0 unspecified atom stereocenters. The second kappa shape index (κ2) is 6.46. The Bertz CT molecular complexity index is 1060. The lowest BCUT2D eigenvalue weighted by atomic mass is 10.1. The van der Waals surface area contributed by atoms with Crippen molar-refractivity contribution in [2.75, 3.05) is 11.4 Å². The van der Waals surface area contributed by atoms with Gasteiger partial charge in [-0.25, -0.2) is 13.4 Å². The number of hydrogen-bond donors (Lipinski definition) is 0. The van der Waals surface area contributed by atoms with Gasteiger partial charge in [-0.1, -0.05) is 29.3 Å². The number of nitrogens with zero attached hydrogens (tertiary/aromatic N) is 2. The van der Waals surface area contributed by atoms with Crippen LogP contribution in [0.15, 0.2) is 53.4 Å². The first-order valence-electron chi connectivity index (χ1n) is 7.44. The number of aromatic nitrogens is 1. The van der Waals surface area contributed by atoms with Crippen molar-refractivity contribution in [3.05, 3.63) is 64.7 Å². The Morgan fingerprint density at radius 3 is 2.40 bits per heavy atom. The van der Waals surface area contributed by atoms with Crippen LogP contribution < -0.4 is 4.31 Å². The second-order valence-corrected chi connectivity index (χ2v) is 8.05. The van der Waals surface area contributed by atoms with E-state index in [-0.39, 0.29) is 16.3 Å². The average molecular weight is 375 g/mol. The van der Waals surface area contributed by atoms with E-state index in [1.54, 1.807) is 36.4 Å². The van der Waals surface area contributed by atoms with Crippen molar-refractivity contribution in [3.8, 4) is 0 Å². The van der Waals surface area contributed by atoms with Gasteiger partial charge < -0.3 is 0 Å². The molecule has 5 nitrogen and oxygen atoms in total. The summed E-state index contributed by atoms with van der Waals surface area (Å²) in [4.78, 5) is 16.0. The van der Waals surface area contributed by atoms with Crippen LogP contribution in [-0.4, -0.2) is 26.7 Å². The molecular weight excluding hydrogens is 360 g/mol. The molecule has 0 fully saturated rings. The lowest BCUT2D eigenvalue weighted by Crippen LogP contribution is -2.28. The van der Waals surface area contributed by atoms with E-state index >= 15 is 0 Å². The molecule has 3 rings (SSSR count). The van der Waals surface area contributed by atoms with Gasteiger partial charge in [0.05, 0.1) is 16.0 Å². The van der Waals surface area contributed by atoms with E-state index in [0.717, 1.165) is 9.87 Å². The van der Waals surface area contributed by atoms with Gasteiger partial charge in [0.25, 0.3) is 10.0 Å². The molecule has 0 aliphatic rings. The molecule has 0 radical (unpaired) electrons. The molecule has 0 bridgehead atoms. The Kier molecular flexibility index (Phi) is 4.49. The number of sulfonamides is 1. The number of carbonyl (C=O) groups is 1. The number of pyridine rings is 1. The summed E-state index contributed by atoms with van der Waals surface area (Å²) in [6.45, 7) is 1.88. The first kappa shape index (κ1) is 17.4. The van der Waals surface area contributed by atoms with E-state index in [9.17, 15) is 13.2 Å². The maximum atomic E-state index is 12.9.